The maximum atomic E-state index is 12.2. The first-order valence-electron chi connectivity index (χ1n) is 10.1. The van der Waals surface area contributed by atoms with Crippen molar-refractivity contribution in [2.45, 2.75) is 52.5 Å². The van der Waals surface area contributed by atoms with E-state index in [0.29, 0.717) is 19.4 Å². The number of nitrogens with zero attached hydrogens (tertiary/aromatic N) is 2. The van der Waals surface area contributed by atoms with Crippen LogP contribution in [0.3, 0.4) is 0 Å². The zero-order valence-corrected chi connectivity index (χ0v) is 16.9. The smallest absolute Gasteiger partial charge is 0.265 e. The molecule has 1 atom stereocenters. The monoisotopic (exact) mass is 375 g/mol. The van der Waals surface area contributed by atoms with E-state index in [1.807, 2.05) is 24.3 Å². The van der Waals surface area contributed by atoms with Gasteiger partial charge in [0.25, 0.3) is 5.91 Å². The first-order valence-corrected chi connectivity index (χ1v) is 10.1. The maximum absolute atomic E-state index is 12.2. The highest BCUT2D eigenvalue weighted by Crippen LogP contribution is 2.31. The SMILES string of the molecule is CCN(CC)CCC[C@H](C)NC(=O)CCCN1C(=O)COc2ccccc21. The molecule has 6 nitrogen and oxygen atoms in total. The second-order valence-electron chi connectivity index (χ2n) is 7.04. The number of para-hydroxylation sites is 2. The predicted molar refractivity (Wildman–Crippen MR) is 108 cm³/mol. The number of nitrogens with one attached hydrogen (secondary N) is 1. The summed E-state index contributed by atoms with van der Waals surface area (Å²) in [5, 5.41) is 3.07. The molecule has 2 amide bonds. The third-order valence-corrected chi connectivity index (χ3v) is 5.01. The van der Waals surface area contributed by atoms with Crippen molar-refractivity contribution < 1.29 is 14.3 Å². The fourth-order valence-corrected chi connectivity index (χ4v) is 3.38. The van der Waals surface area contributed by atoms with Crippen LogP contribution in [0.1, 0.15) is 46.5 Å². The van der Waals surface area contributed by atoms with E-state index in [-0.39, 0.29) is 24.5 Å². The van der Waals surface area contributed by atoms with Crippen LogP contribution in [0.2, 0.25) is 0 Å². The number of benzene rings is 1. The number of hydrogen-bond donors (Lipinski definition) is 1. The molecule has 27 heavy (non-hydrogen) atoms. The normalized spacial score (nSPS) is 14.7. The number of amides is 2. The third-order valence-electron chi connectivity index (χ3n) is 5.01. The highest BCUT2D eigenvalue weighted by atomic mass is 16.5. The molecule has 1 heterocycles. The summed E-state index contributed by atoms with van der Waals surface area (Å²) in [6.07, 6.45) is 3.13. The van der Waals surface area contributed by atoms with Crippen LogP contribution in [0.5, 0.6) is 5.75 Å². The molecule has 0 aromatic heterocycles. The lowest BCUT2D eigenvalue weighted by molar-refractivity contribution is -0.123. The molecule has 0 spiro atoms. The van der Waals surface area contributed by atoms with E-state index in [2.05, 4.69) is 31.0 Å². The quantitative estimate of drug-likeness (QED) is 0.646. The summed E-state index contributed by atoms with van der Waals surface area (Å²) in [4.78, 5) is 28.4. The molecule has 1 aromatic carbocycles. The molecule has 1 aliphatic heterocycles. The average Bonchev–Trinajstić information content (AvgIpc) is 2.67. The Kier molecular flexibility index (Phi) is 8.58. The molecule has 0 saturated heterocycles. The summed E-state index contributed by atoms with van der Waals surface area (Å²) < 4.78 is 5.44. The summed E-state index contributed by atoms with van der Waals surface area (Å²) in [5.74, 6) is 0.724. The maximum Gasteiger partial charge on any atom is 0.265 e. The van der Waals surface area contributed by atoms with Crippen molar-refractivity contribution in [3.05, 3.63) is 24.3 Å². The van der Waals surface area contributed by atoms with Crippen LogP contribution < -0.4 is 15.0 Å². The summed E-state index contributed by atoms with van der Waals surface area (Å²) in [6.45, 7) is 10.2. The van der Waals surface area contributed by atoms with E-state index in [4.69, 9.17) is 4.74 Å². The number of anilines is 1. The van der Waals surface area contributed by atoms with Crippen molar-refractivity contribution in [3.8, 4) is 5.75 Å². The topological polar surface area (TPSA) is 61.9 Å². The highest BCUT2D eigenvalue weighted by Gasteiger charge is 2.24. The standard InChI is InChI=1S/C21H33N3O3/c1-4-23(5-2)14-8-10-17(3)22-20(25)13-9-15-24-18-11-6-7-12-19(18)27-16-21(24)26/h6-7,11-12,17H,4-5,8-10,13-16H2,1-3H3,(H,22,25)/t17-/m0/s1. The zero-order valence-electron chi connectivity index (χ0n) is 16.9. The lowest BCUT2D eigenvalue weighted by Gasteiger charge is -2.29. The molecule has 0 aliphatic carbocycles. The second-order valence-corrected chi connectivity index (χ2v) is 7.04. The lowest BCUT2D eigenvalue weighted by Crippen LogP contribution is -2.40. The number of carbonyl (C=O) groups excluding carboxylic acids is 2. The van der Waals surface area contributed by atoms with Gasteiger partial charge in [0.05, 0.1) is 5.69 Å². The minimum atomic E-state index is -0.0566. The molecular weight excluding hydrogens is 342 g/mol. The first-order chi connectivity index (χ1) is 13.0. The van der Waals surface area contributed by atoms with E-state index in [1.54, 1.807) is 4.90 Å². The van der Waals surface area contributed by atoms with Crippen LogP contribution in [0.4, 0.5) is 5.69 Å². The second kappa shape index (κ2) is 10.9. The van der Waals surface area contributed by atoms with Crippen molar-refractivity contribution in [1.82, 2.24) is 10.2 Å². The Labute approximate surface area is 162 Å². The first kappa shape index (κ1) is 21.2. The largest absolute Gasteiger partial charge is 0.482 e. The number of hydrogen-bond acceptors (Lipinski definition) is 4. The molecule has 150 valence electrons. The molecule has 0 radical (unpaired) electrons. The van der Waals surface area contributed by atoms with Crippen LogP contribution in [0, 0.1) is 0 Å². The third kappa shape index (κ3) is 6.54. The Hall–Kier alpha value is -2.08. The van der Waals surface area contributed by atoms with Gasteiger partial charge in [0.15, 0.2) is 6.61 Å². The Bertz CT molecular complexity index is 616. The van der Waals surface area contributed by atoms with E-state index in [9.17, 15) is 9.59 Å². The molecule has 0 bridgehead atoms. The Morgan fingerprint density at radius 1 is 1.26 bits per heavy atom. The number of rotatable bonds is 11. The van der Waals surface area contributed by atoms with Gasteiger partial charge in [-0.05, 0) is 58.0 Å². The van der Waals surface area contributed by atoms with E-state index in [0.717, 1.165) is 43.9 Å². The molecule has 1 N–H and O–H groups in total. The molecular formula is C21H33N3O3. The number of carbonyl (C=O) groups is 2. The van der Waals surface area contributed by atoms with Crippen LogP contribution in [-0.4, -0.2) is 55.5 Å². The van der Waals surface area contributed by atoms with Crippen molar-refractivity contribution in [2.24, 2.45) is 0 Å². The molecule has 1 aliphatic rings. The van der Waals surface area contributed by atoms with Gasteiger partial charge in [-0.3, -0.25) is 9.59 Å². The van der Waals surface area contributed by atoms with Crippen molar-refractivity contribution in [3.63, 3.8) is 0 Å². The fraction of sp³-hybridized carbons (Fsp3) is 0.619. The summed E-state index contributed by atoms with van der Waals surface area (Å²) in [6, 6.07) is 7.70. The summed E-state index contributed by atoms with van der Waals surface area (Å²) >= 11 is 0. The van der Waals surface area contributed by atoms with Gasteiger partial charge in [-0.2, -0.15) is 0 Å². The lowest BCUT2D eigenvalue weighted by atomic mass is 10.1. The van der Waals surface area contributed by atoms with Gasteiger partial charge in [0.1, 0.15) is 5.75 Å². The molecule has 6 heteroatoms. The van der Waals surface area contributed by atoms with Gasteiger partial charge in [-0.15, -0.1) is 0 Å². The van der Waals surface area contributed by atoms with Crippen molar-refractivity contribution in [1.29, 1.82) is 0 Å². The van der Waals surface area contributed by atoms with Crippen LogP contribution >= 0.6 is 0 Å². The Morgan fingerprint density at radius 3 is 2.74 bits per heavy atom. The Morgan fingerprint density at radius 2 is 2.00 bits per heavy atom. The summed E-state index contributed by atoms with van der Waals surface area (Å²) in [7, 11) is 0. The van der Waals surface area contributed by atoms with Crippen LogP contribution in [0.15, 0.2) is 24.3 Å². The summed E-state index contributed by atoms with van der Waals surface area (Å²) in [5.41, 5.74) is 0.791. The average molecular weight is 376 g/mol. The van der Waals surface area contributed by atoms with Crippen molar-refractivity contribution in [2.75, 3.05) is 37.7 Å². The zero-order chi connectivity index (χ0) is 19.6. The Balaban J connectivity index is 1.69. The van der Waals surface area contributed by atoms with Crippen molar-refractivity contribution >= 4 is 17.5 Å². The van der Waals surface area contributed by atoms with Gasteiger partial charge in [-0.1, -0.05) is 26.0 Å². The van der Waals surface area contributed by atoms with Crippen LogP contribution in [-0.2, 0) is 9.59 Å². The number of ether oxygens (including phenoxy) is 1. The van der Waals surface area contributed by atoms with Gasteiger partial charge in [0, 0.05) is 19.0 Å². The van der Waals surface area contributed by atoms with Gasteiger partial charge < -0.3 is 19.9 Å². The molecule has 2 rings (SSSR count). The van der Waals surface area contributed by atoms with Gasteiger partial charge in [-0.25, -0.2) is 0 Å². The highest BCUT2D eigenvalue weighted by molar-refractivity contribution is 5.97. The molecule has 0 fully saturated rings. The molecule has 0 saturated carbocycles. The van der Waals surface area contributed by atoms with Crippen LogP contribution in [0.25, 0.3) is 0 Å². The van der Waals surface area contributed by atoms with Gasteiger partial charge >= 0.3 is 0 Å². The van der Waals surface area contributed by atoms with E-state index in [1.165, 1.54) is 0 Å². The van der Waals surface area contributed by atoms with Gasteiger partial charge in [0.2, 0.25) is 5.91 Å². The minimum absolute atomic E-state index is 0.0549. The van der Waals surface area contributed by atoms with E-state index >= 15 is 0 Å². The fourth-order valence-electron chi connectivity index (χ4n) is 3.38. The number of fused-ring (bicyclic) bond motifs is 1. The predicted octanol–water partition coefficient (Wildman–Crippen LogP) is 2.82. The molecule has 1 aromatic rings. The van der Waals surface area contributed by atoms with E-state index < -0.39 is 0 Å². The minimum Gasteiger partial charge on any atom is -0.482 e. The molecule has 0 unspecified atom stereocenters.